The number of halogens is 2. The van der Waals surface area contributed by atoms with Crippen molar-refractivity contribution in [3.8, 4) is 5.75 Å². The van der Waals surface area contributed by atoms with Crippen LogP contribution in [0.5, 0.6) is 5.75 Å². The number of nitrogens with one attached hydrogen (secondary N) is 1. The summed E-state index contributed by atoms with van der Waals surface area (Å²) in [6, 6.07) is 4.74. The zero-order valence-electron chi connectivity index (χ0n) is 10.4. The first-order chi connectivity index (χ1) is 8.32. The average molecular weight is 260 g/mol. The molecule has 0 saturated heterocycles. The third-order valence-corrected chi connectivity index (χ3v) is 2.08. The highest BCUT2D eigenvalue weighted by atomic mass is 19.3. The van der Waals surface area contributed by atoms with E-state index in [9.17, 15) is 8.78 Å². The first-order valence-electron chi connectivity index (χ1n) is 5.62. The summed E-state index contributed by atoms with van der Waals surface area (Å²) in [4.78, 5) is 0. The summed E-state index contributed by atoms with van der Waals surface area (Å²) in [7, 11) is 0. The number of ether oxygens (including phenoxy) is 1. The first-order valence-corrected chi connectivity index (χ1v) is 5.62. The van der Waals surface area contributed by atoms with E-state index in [1.54, 1.807) is 12.1 Å². The Morgan fingerprint density at radius 2 is 2.06 bits per heavy atom. The van der Waals surface area contributed by atoms with Crippen LogP contribution in [0.25, 0.3) is 0 Å². The average Bonchev–Trinajstić information content (AvgIpc) is 2.25. The second kappa shape index (κ2) is 5.86. The summed E-state index contributed by atoms with van der Waals surface area (Å²) in [6.07, 6.45) is -0.0291. The fraction of sp³-hybridized carbons (Fsp3) is 0.500. The van der Waals surface area contributed by atoms with Crippen molar-refractivity contribution in [2.45, 2.75) is 25.9 Å². The molecule has 1 aromatic rings. The van der Waals surface area contributed by atoms with Gasteiger partial charge in [-0.15, -0.1) is 0 Å². The molecule has 0 aliphatic heterocycles. The quantitative estimate of drug-likeness (QED) is 0.685. The molecule has 0 aliphatic carbocycles. The van der Waals surface area contributed by atoms with Crippen molar-refractivity contribution in [3.05, 3.63) is 18.2 Å². The topological polar surface area (TPSA) is 67.5 Å². The number of benzene rings is 1. The maximum atomic E-state index is 12.9. The number of hydrogen-bond acceptors (Lipinski definition) is 4. The normalized spacial score (nSPS) is 11.7. The van der Waals surface area contributed by atoms with Crippen LogP contribution in [0, 0.1) is 0 Å². The van der Waals surface area contributed by atoms with E-state index in [4.69, 9.17) is 15.6 Å². The van der Waals surface area contributed by atoms with Gasteiger partial charge < -0.3 is 20.9 Å². The largest absolute Gasteiger partial charge is 0.491 e. The third kappa shape index (κ3) is 4.75. The van der Waals surface area contributed by atoms with Gasteiger partial charge in [0, 0.05) is 23.5 Å². The van der Waals surface area contributed by atoms with Gasteiger partial charge in [-0.25, -0.2) is 8.78 Å². The van der Waals surface area contributed by atoms with Gasteiger partial charge in [-0.05, 0) is 19.9 Å². The van der Waals surface area contributed by atoms with Gasteiger partial charge in [0.15, 0.2) is 0 Å². The summed E-state index contributed by atoms with van der Waals surface area (Å²) in [5, 5.41) is 11.0. The summed E-state index contributed by atoms with van der Waals surface area (Å²) < 4.78 is 31.2. The SMILES string of the molecule is CC(C)Oc1cc(N)cc(NCC(F)(F)CO)c1. The fourth-order valence-corrected chi connectivity index (χ4v) is 1.35. The number of anilines is 2. The lowest BCUT2D eigenvalue weighted by Crippen LogP contribution is -2.31. The van der Waals surface area contributed by atoms with Gasteiger partial charge in [-0.3, -0.25) is 0 Å². The van der Waals surface area contributed by atoms with Crippen molar-refractivity contribution in [1.82, 2.24) is 0 Å². The molecule has 0 bridgehead atoms. The van der Waals surface area contributed by atoms with Crippen molar-refractivity contribution in [3.63, 3.8) is 0 Å². The van der Waals surface area contributed by atoms with Crippen molar-refractivity contribution in [2.24, 2.45) is 0 Å². The van der Waals surface area contributed by atoms with E-state index in [1.165, 1.54) is 6.07 Å². The number of aliphatic hydroxyl groups excluding tert-OH is 1. The van der Waals surface area contributed by atoms with E-state index in [1.807, 2.05) is 13.8 Å². The fourth-order valence-electron chi connectivity index (χ4n) is 1.35. The molecule has 0 fully saturated rings. The van der Waals surface area contributed by atoms with Crippen molar-refractivity contribution in [1.29, 1.82) is 0 Å². The van der Waals surface area contributed by atoms with Gasteiger partial charge in [-0.1, -0.05) is 0 Å². The Morgan fingerprint density at radius 1 is 1.39 bits per heavy atom. The molecule has 0 spiro atoms. The number of hydrogen-bond donors (Lipinski definition) is 3. The van der Waals surface area contributed by atoms with Gasteiger partial charge in [0.2, 0.25) is 0 Å². The lowest BCUT2D eigenvalue weighted by Gasteiger charge is -2.16. The Kier molecular flexibility index (Phi) is 4.72. The van der Waals surface area contributed by atoms with E-state index in [0.717, 1.165) is 0 Å². The van der Waals surface area contributed by atoms with E-state index >= 15 is 0 Å². The Morgan fingerprint density at radius 3 is 2.61 bits per heavy atom. The van der Waals surface area contributed by atoms with Gasteiger partial charge in [-0.2, -0.15) is 0 Å². The molecule has 0 saturated carbocycles. The van der Waals surface area contributed by atoms with Crippen molar-refractivity contribution >= 4 is 11.4 Å². The van der Waals surface area contributed by atoms with Crippen molar-refractivity contribution < 1.29 is 18.6 Å². The van der Waals surface area contributed by atoms with Crippen LogP contribution >= 0.6 is 0 Å². The number of rotatable bonds is 6. The molecular weight excluding hydrogens is 242 g/mol. The molecule has 102 valence electrons. The molecule has 18 heavy (non-hydrogen) atoms. The maximum Gasteiger partial charge on any atom is 0.287 e. The molecule has 1 rings (SSSR count). The van der Waals surface area contributed by atoms with E-state index in [0.29, 0.717) is 17.1 Å². The van der Waals surface area contributed by atoms with Crippen LogP contribution in [-0.4, -0.2) is 30.3 Å². The van der Waals surface area contributed by atoms with Gasteiger partial charge in [0.1, 0.15) is 12.4 Å². The molecule has 0 radical (unpaired) electrons. The second-order valence-corrected chi connectivity index (χ2v) is 4.32. The molecular formula is C12H18F2N2O2. The van der Waals surface area contributed by atoms with Crippen LogP contribution in [-0.2, 0) is 0 Å². The lowest BCUT2D eigenvalue weighted by atomic mass is 10.2. The highest BCUT2D eigenvalue weighted by Crippen LogP contribution is 2.24. The highest BCUT2D eigenvalue weighted by Gasteiger charge is 2.27. The zero-order valence-corrected chi connectivity index (χ0v) is 10.4. The molecule has 6 heteroatoms. The predicted octanol–water partition coefficient (Wildman–Crippen LogP) is 2.10. The standard InChI is InChI=1S/C12H18F2N2O2/c1-8(2)18-11-4-9(15)3-10(5-11)16-6-12(13,14)7-17/h3-5,8,16-17H,6-7,15H2,1-2H3. The summed E-state index contributed by atoms with van der Waals surface area (Å²) in [5.41, 5.74) is 6.50. The molecule has 4 nitrogen and oxygen atoms in total. The Labute approximate surface area is 105 Å². The van der Waals surface area contributed by atoms with Crippen LogP contribution in [0.15, 0.2) is 18.2 Å². The van der Waals surface area contributed by atoms with Gasteiger partial charge in [0.05, 0.1) is 12.6 Å². The minimum absolute atomic E-state index is 0.0291. The van der Waals surface area contributed by atoms with Crippen LogP contribution in [0.1, 0.15) is 13.8 Å². The number of nitrogen functional groups attached to an aromatic ring is 1. The summed E-state index contributed by atoms with van der Waals surface area (Å²) in [6.45, 7) is 1.86. The Bertz CT molecular complexity index is 398. The minimum Gasteiger partial charge on any atom is -0.491 e. The van der Waals surface area contributed by atoms with Crippen LogP contribution in [0.2, 0.25) is 0 Å². The summed E-state index contributed by atoms with van der Waals surface area (Å²) >= 11 is 0. The number of nitrogens with two attached hydrogens (primary N) is 1. The van der Waals surface area contributed by atoms with Gasteiger partial charge in [0.25, 0.3) is 5.92 Å². The Balaban J connectivity index is 2.74. The van der Waals surface area contributed by atoms with Crippen molar-refractivity contribution in [2.75, 3.05) is 24.2 Å². The molecule has 4 N–H and O–H groups in total. The minimum atomic E-state index is -3.16. The Hall–Kier alpha value is -1.56. The third-order valence-electron chi connectivity index (χ3n) is 2.08. The lowest BCUT2D eigenvalue weighted by molar-refractivity contribution is -0.0372. The van der Waals surface area contributed by atoms with E-state index < -0.39 is 19.1 Å². The molecule has 0 aliphatic rings. The predicted molar refractivity (Wildman–Crippen MR) is 67.1 cm³/mol. The van der Waals surface area contributed by atoms with E-state index in [-0.39, 0.29) is 6.10 Å². The number of aliphatic hydroxyl groups is 1. The molecule has 0 unspecified atom stereocenters. The van der Waals surface area contributed by atoms with Crippen LogP contribution < -0.4 is 15.8 Å². The summed E-state index contributed by atoms with van der Waals surface area (Å²) in [5.74, 6) is -2.65. The van der Waals surface area contributed by atoms with E-state index in [2.05, 4.69) is 5.32 Å². The smallest absolute Gasteiger partial charge is 0.287 e. The number of alkyl halides is 2. The zero-order chi connectivity index (χ0) is 13.8. The maximum absolute atomic E-state index is 12.9. The monoisotopic (exact) mass is 260 g/mol. The highest BCUT2D eigenvalue weighted by molar-refractivity contribution is 5.59. The second-order valence-electron chi connectivity index (χ2n) is 4.32. The van der Waals surface area contributed by atoms with Crippen LogP contribution in [0.4, 0.5) is 20.2 Å². The molecule has 0 atom stereocenters. The molecule has 0 aromatic heterocycles. The first kappa shape index (κ1) is 14.5. The molecule has 0 heterocycles. The van der Waals surface area contributed by atoms with Crippen LogP contribution in [0.3, 0.4) is 0 Å². The molecule has 1 aromatic carbocycles. The molecule has 0 amide bonds. The van der Waals surface area contributed by atoms with Gasteiger partial charge >= 0.3 is 0 Å².